The molecule has 1 unspecified atom stereocenters. The number of methoxy groups -OCH3 is 1. The van der Waals surface area contributed by atoms with Crippen LogP contribution in [0, 0.1) is 6.92 Å². The summed E-state index contributed by atoms with van der Waals surface area (Å²) in [6, 6.07) is 13.1. The summed E-state index contributed by atoms with van der Waals surface area (Å²) in [7, 11) is -2.09. The summed E-state index contributed by atoms with van der Waals surface area (Å²) in [5.74, 6) is 0.0378. The molecule has 2 aliphatic heterocycles. The zero-order chi connectivity index (χ0) is 28.9. The molecule has 2 aliphatic rings. The summed E-state index contributed by atoms with van der Waals surface area (Å²) in [5.41, 5.74) is 2.55. The van der Waals surface area contributed by atoms with Crippen LogP contribution in [0.25, 0.3) is 0 Å². The third-order valence-electron chi connectivity index (χ3n) is 7.28. The molecule has 2 aromatic carbocycles. The van der Waals surface area contributed by atoms with Crippen LogP contribution in [0.3, 0.4) is 0 Å². The minimum absolute atomic E-state index is 0.184. The lowest BCUT2D eigenvalue weighted by Crippen LogP contribution is -2.51. The van der Waals surface area contributed by atoms with Gasteiger partial charge >= 0.3 is 12.0 Å². The van der Waals surface area contributed by atoms with Crippen molar-refractivity contribution in [3.63, 3.8) is 0 Å². The molecule has 0 aromatic heterocycles. The molecule has 0 aliphatic carbocycles. The van der Waals surface area contributed by atoms with Gasteiger partial charge in [0.1, 0.15) is 5.75 Å². The molecular weight excluding hydrogens is 532 g/mol. The number of hydrogen-bond donors (Lipinski definition) is 1. The number of amides is 2. The molecule has 1 fully saturated rings. The second-order valence-corrected chi connectivity index (χ2v) is 11.7. The Morgan fingerprint density at radius 1 is 1.02 bits per heavy atom. The standard InChI is InChI=1S/C29H38N4O6S/c1-5-33-24(20-31-16-9-17-32(19-18-31)40(36,37)22-14-12-21(3)13-15-22)26(28(34)39-6-2)27(30-29(33)35)23-10-7-8-11-25(23)38-4/h7-8,10-15,27H,5-6,9,16-20H2,1-4H3,(H,30,35). The first-order valence-corrected chi connectivity index (χ1v) is 15.1. The number of nitrogens with zero attached hydrogens (tertiary/aromatic N) is 3. The van der Waals surface area contributed by atoms with Crippen molar-refractivity contribution in [2.75, 3.05) is 53.0 Å². The van der Waals surface area contributed by atoms with E-state index in [1.807, 2.05) is 32.0 Å². The van der Waals surface area contributed by atoms with E-state index in [0.29, 0.717) is 68.3 Å². The van der Waals surface area contributed by atoms with E-state index >= 15 is 0 Å². The van der Waals surface area contributed by atoms with Gasteiger partial charge in [-0.25, -0.2) is 18.0 Å². The number of para-hydroxylation sites is 1. The Bertz CT molecular complexity index is 1360. The summed E-state index contributed by atoms with van der Waals surface area (Å²) in [6.45, 7) is 8.08. The number of esters is 1. The van der Waals surface area contributed by atoms with Gasteiger partial charge in [0.25, 0.3) is 0 Å². The molecule has 0 radical (unpaired) electrons. The molecule has 2 amide bonds. The van der Waals surface area contributed by atoms with Crippen LogP contribution in [-0.4, -0.2) is 87.5 Å². The molecule has 40 heavy (non-hydrogen) atoms. The minimum atomic E-state index is -3.63. The van der Waals surface area contributed by atoms with Crippen molar-refractivity contribution in [3.05, 3.63) is 70.9 Å². The summed E-state index contributed by atoms with van der Waals surface area (Å²) >= 11 is 0. The number of carbonyl (C=O) groups is 2. The largest absolute Gasteiger partial charge is 0.496 e. The predicted molar refractivity (Wildman–Crippen MR) is 151 cm³/mol. The van der Waals surface area contributed by atoms with Crippen LogP contribution < -0.4 is 10.1 Å². The third kappa shape index (κ3) is 6.16. The molecule has 0 spiro atoms. The monoisotopic (exact) mass is 570 g/mol. The number of ether oxygens (including phenoxy) is 2. The van der Waals surface area contributed by atoms with Crippen molar-refractivity contribution in [1.82, 2.24) is 19.4 Å². The number of aryl methyl sites for hydroxylation is 1. The SMILES string of the molecule is CCOC(=O)C1=C(CN2CCCN(S(=O)(=O)c3ccc(C)cc3)CC2)N(CC)C(=O)NC1c1ccccc1OC. The van der Waals surface area contributed by atoms with Gasteiger partial charge < -0.3 is 14.8 Å². The molecular formula is C29H38N4O6S. The lowest BCUT2D eigenvalue weighted by Gasteiger charge is -2.38. The Hall–Kier alpha value is -3.41. The van der Waals surface area contributed by atoms with Crippen LogP contribution in [0.15, 0.2) is 64.7 Å². The number of benzene rings is 2. The zero-order valence-corrected chi connectivity index (χ0v) is 24.4. The Balaban J connectivity index is 1.66. The molecule has 10 nitrogen and oxygen atoms in total. The summed E-state index contributed by atoms with van der Waals surface area (Å²) in [6.07, 6.45) is 0.612. The van der Waals surface area contributed by atoms with Gasteiger partial charge in [-0.1, -0.05) is 35.9 Å². The number of carbonyl (C=O) groups excluding carboxylic acids is 2. The van der Waals surface area contributed by atoms with E-state index in [-0.39, 0.29) is 17.5 Å². The van der Waals surface area contributed by atoms with Gasteiger partial charge in [0.05, 0.1) is 30.2 Å². The fourth-order valence-electron chi connectivity index (χ4n) is 5.21. The fourth-order valence-corrected chi connectivity index (χ4v) is 6.68. The molecule has 0 saturated carbocycles. The maximum atomic E-state index is 13.4. The minimum Gasteiger partial charge on any atom is -0.496 e. The second-order valence-electron chi connectivity index (χ2n) is 9.80. The number of nitrogens with one attached hydrogen (secondary N) is 1. The summed E-state index contributed by atoms with van der Waals surface area (Å²) in [5, 5.41) is 2.97. The van der Waals surface area contributed by atoms with Crippen LogP contribution in [0.1, 0.15) is 37.4 Å². The molecule has 0 bridgehead atoms. The van der Waals surface area contributed by atoms with Crippen molar-refractivity contribution in [2.24, 2.45) is 0 Å². The first kappa shape index (κ1) is 29.6. The van der Waals surface area contributed by atoms with E-state index in [1.54, 1.807) is 49.3 Å². The topological polar surface area (TPSA) is 108 Å². The van der Waals surface area contributed by atoms with Crippen LogP contribution in [0.4, 0.5) is 4.79 Å². The Morgan fingerprint density at radius 2 is 1.75 bits per heavy atom. The van der Waals surface area contributed by atoms with Crippen LogP contribution >= 0.6 is 0 Å². The Labute approximate surface area is 236 Å². The maximum Gasteiger partial charge on any atom is 0.338 e. The van der Waals surface area contributed by atoms with Gasteiger partial charge in [-0.15, -0.1) is 0 Å². The van der Waals surface area contributed by atoms with E-state index in [2.05, 4.69) is 10.2 Å². The molecule has 2 aromatic rings. The average molecular weight is 571 g/mol. The highest BCUT2D eigenvalue weighted by Crippen LogP contribution is 2.36. The summed E-state index contributed by atoms with van der Waals surface area (Å²) < 4.78 is 39.2. The fraction of sp³-hybridized carbons (Fsp3) is 0.448. The quantitative estimate of drug-likeness (QED) is 0.461. The average Bonchev–Trinajstić information content (AvgIpc) is 3.19. The Morgan fingerprint density at radius 3 is 2.42 bits per heavy atom. The first-order chi connectivity index (χ1) is 19.2. The molecule has 1 N–H and O–H groups in total. The van der Waals surface area contributed by atoms with Crippen molar-refractivity contribution in [2.45, 2.75) is 38.1 Å². The van der Waals surface area contributed by atoms with Crippen LogP contribution in [-0.2, 0) is 19.6 Å². The zero-order valence-electron chi connectivity index (χ0n) is 23.6. The maximum absolute atomic E-state index is 13.4. The molecule has 1 atom stereocenters. The van der Waals surface area contributed by atoms with Crippen molar-refractivity contribution in [1.29, 1.82) is 0 Å². The number of sulfonamides is 1. The van der Waals surface area contributed by atoms with E-state index in [1.165, 1.54) is 4.31 Å². The molecule has 2 heterocycles. The molecule has 216 valence electrons. The van der Waals surface area contributed by atoms with Gasteiger partial charge in [0.15, 0.2) is 0 Å². The van der Waals surface area contributed by atoms with E-state index < -0.39 is 22.0 Å². The van der Waals surface area contributed by atoms with Gasteiger partial charge in [0.2, 0.25) is 10.0 Å². The van der Waals surface area contributed by atoms with E-state index in [4.69, 9.17) is 9.47 Å². The predicted octanol–water partition coefficient (Wildman–Crippen LogP) is 3.30. The summed E-state index contributed by atoms with van der Waals surface area (Å²) in [4.78, 5) is 30.7. The third-order valence-corrected chi connectivity index (χ3v) is 9.19. The lowest BCUT2D eigenvalue weighted by atomic mass is 9.93. The van der Waals surface area contributed by atoms with Crippen molar-refractivity contribution < 1.29 is 27.5 Å². The highest BCUT2D eigenvalue weighted by molar-refractivity contribution is 7.89. The molecule has 4 rings (SSSR count). The van der Waals surface area contributed by atoms with Crippen molar-refractivity contribution >= 4 is 22.0 Å². The second kappa shape index (κ2) is 12.8. The van der Waals surface area contributed by atoms with Crippen molar-refractivity contribution in [3.8, 4) is 5.75 Å². The lowest BCUT2D eigenvalue weighted by molar-refractivity contribution is -0.139. The number of hydrogen-bond acceptors (Lipinski definition) is 7. The normalized spacial score (nSPS) is 19.2. The van der Waals surface area contributed by atoms with Crippen LogP contribution in [0.5, 0.6) is 5.75 Å². The number of rotatable bonds is 9. The van der Waals surface area contributed by atoms with Gasteiger partial charge in [-0.05, 0) is 51.9 Å². The number of urea groups is 1. The van der Waals surface area contributed by atoms with Gasteiger partial charge in [0, 0.05) is 44.0 Å². The van der Waals surface area contributed by atoms with Gasteiger partial charge in [-0.2, -0.15) is 4.31 Å². The number of likely N-dealkylation sites (N-methyl/N-ethyl adjacent to an activating group) is 1. The Kier molecular flexibility index (Phi) is 9.49. The molecule has 11 heteroatoms. The van der Waals surface area contributed by atoms with Gasteiger partial charge in [-0.3, -0.25) is 9.80 Å². The highest BCUT2D eigenvalue weighted by Gasteiger charge is 2.39. The first-order valence-electron chi connectivity index (χ1n) is 13.6. The van der Waals surface area contributed by atoms with E-state index in [0.717, 1.165) is 5.56 Å². The van der Waals surface area contributed by atoms with Crippen LogP contribution in [0.2, 0.25) is 0 Å². The van der Waals surface area contributed by atoms with E-state index in [9.17, 15) is 18.0 Å². The molecule has 1 saturated heterocycles. The highest BCUT2D eigenvalue weighted by atomic mass is 32.2. The smallest absolute Gasteiger partial charge is 0.338 e.